The average Bonchev–Trinajstić information content (AvgIpc) is 3.12. The number of methoxy groups -OCH3 is 2. The molecule has 0 bridgehead atoms. The summed E-state index contributed by atoms with van der Waals surface area (Å²) in [5, 5.41) is 19.7. The zero-order valence-electron chi connectivity index (χ0n) is 15.2. The Balaban J connectivity index is 1.87. The molecule has 2 aromatic carbocycles. The zero-order chi connectivity index (χ0) is 20.1. The number of amides is 1. The normalized spacial score (nSPS) is 10.5. The lowest BCUT2D eigenvalue weighted by molar-refractivity contribution is 0.0696. The number of nitrogens with zero attached hydrogens (tertiary/aromatic N) is 3. The first-order valence-corrected chi connectivity index (χ1v) is 8.26. The number of aromatic nitrogens is 3. The molecule has 9 nitrogen and oxygen atoms in total. The molecule has 1 aromatic heterocycles. The molecular weight excluding hydrogens is 364 g/mol. The Morgan fingerprint density at radius 3 is 2.32 bits per heavy atom. The van der Waals surface area contributed by atoms with E-state index in [9.17, 15) is 9.59 Å². The van der Waals surface area contributed by atoms with E-state index in [1.807, 2.05) is 0 Å². The number of benzene rings is 2. The molecule has 0 unspecified atom stereocenters. The van der Waals surface area contributed by atoms with Gasteiger partial charge in [-0.3, -0.25) is 4.79 Å². The van der Waals surface area contributed by atoms with Crippen molar-refractivity contribution >= 4 is 17.6 Å². The van der Waals surface area contributed by atoms with Gasteiger partial charge < -0.3 is 19.9 Å². The van der Waals surface area contributed by atoms with Crippen LogP contribution < -0.4 is 10.1 Å². The first-order valence-electron chi connectivity index (χ1n) is 8.26. The number of carbonyl (C=O) groups is 2. The minimum atomic E-state index is -1.04. The van der Waals surface area contributed by atoms with Crippen LogP contribution in [0.2, 0.25) is 0 Å². The van der Waals surface area contributed by atoms with Crippen LogP contribution in [0.3, 0.4) is 0 Å². The van der Waals surface area contributed by atoms with Crippen LogP contribution in [-0.4, -0.2) is 46.2 Å². The fourth-order valence-electron chi connectivity index (χ4n) is 2.56. The minimum absolute atomic E-state index is 0.111. The largest absolute Gasteiger partial charge is 0.497 e. The maximum Gasteiger partial charge on any atom is 0.335 e. The maximum absolute atomic E-state index is 12.7. The van der Waals surface area contributed by atoms with Gasteiger partial charge in [0.05, 0.1) is 25.0 Å². The molecule has 0 saturated heterocycles. The van der Waals surface area contributed by atoms with Gasteiger partial charge in [0.2, 0.25) is 0 Å². The third kappa shape index (κ3) is 3.99. The second kappa shape index (κ2) is 8.31. The highest BCUT2D eigenvalue weighted by Gasteiger charge is 2.21. The Hall–Kier alpha value is -3.72. The van der Waals surface area contributed by atoms with Crippen molar-refractivity contribution in [3.05, 3.63) is 65.5 Å². The van der Waals surface area contributed by atoms with Crippen LogP contribution in [0.4, 0.5) is 5.69 Å². The number of rotatable bonds is 7. The first-order chi connectivity index (χ1) is 13.5. The first kappa shape index (κ1) is 19.1. The quantitative estimate of drug-likeness (QED) is 0.644. The molecule has 28 heavy (non-hydrogen) atoms. The van der Waals surface area contributed by atoms with Gasteiger partial charge in [-0.2, -0.15) is 0 Å². The van der Waals surface area contributed by atoms with E-state index in [-0.39, 0.29) is 17.9 Å². The van der Waals surface area contributed by atoms with Gasteiger partial charge in [-0.05, 0) is 48.5 Å². The molecule has 0 aliphatic heterocycles. The molecule has 3 aromatic rings. The second-order valence-electron chi connectivity index (χ2n) is 5.76. The van der Waals surface area contributed by atoms with Crippen molar-refractivity contribution < 1.29 is 24.2 Å². The number of carboxylic acid groups (broad SMARTS) is 1. The summed E-state index contributed by atoms with van der Waals surface area (Å²) in [6.07, 6.45) is 0. The lowest BCUT2D eigenvalue weighted by Gasteiger charge is -2.09. The summed E-state index contributed by atoms with van der Waals surface area (Å²) in [4.78, 5) is 23.6. The van der Waals surface area contributed by atoms with E-state index in [0.717, 1.165) is 0 Å². The number of nitrogens with one attached hydrogen (secondary N) is 1. The van der Waals surface area contributed by atoms with Crippen LogP contribution in [-0.2, 0) is 11.3 Å². The van der Waals surface area contributed by atoms with Gasteiger partial charge in [0.25, 0.3) is 5.91 Å². The number of hydrogen-bond donors (Lipinski definition) is 2. The molecule has 1 amide bonds. The van der Waals surface area contributed by atoms with Crippen LogP contribution in [0.1, 0.15) is 26.5 Å². The zero-order valence-corrected chi connectivity index (χ0v) is 15.2. The number of ether oxygens (including phenoxy) is 2. The van der Waals surface area contributed by atoms with Gasteiger partial charge in [0, 0.05) is 12.8 Å². The summed E-state index contributed by atoms with van der Waals surface area (Å²) in [5.41, 5.74) is 1.86. The predicted octanol–water partition coefficient (Wildman–Crippen LogP) is 2.37. The van der Waals surface area contributed by atoms with Crippen molar-refractivity contribution in [3.63, 3.8) is 0 Å². The van der Waals surface area contributed by atoms with Crippen LogP contribution >= 0.6 is 0 Å². The van der Waals surface area contributed by atoms with E-state index in [0.29, 0.717) is 22.8 Å². The highest BCUT2D eigenvalue weighted by atomic mass is 16.5. The standard InChI is InChI=1S/C19H18N4O5/c1-27-11-16-17(18(24)20-13-5-3-12(4-6-13)19(25)26)21-22-23(16)14-7-9-15(28-2)10-8-14/h3-10H,11H2,1-2H3,(H,20,24)(H,25,26). The summed E-state index contributed by atoms with van der Waals surface area (Å²) in [6.45, 7) is 0.125. The molecule has 0 spiro atoms. The summed E-state index contributed by atoms with van der Waals surface area (Å²) in [7, 11) is 3.09. The monoisotopic (exact) mass is 382 g/mol. The topological polar surface area (TPSA) is 116 Å². The fraction of sp³-hybridized carbons (Fsp3) is 0.158. The van der Waals surface area contributed by atoms with Crippen molar-refractivity contribution in [3.8, 4) is 11.4 Å². The average molecular weight is 382 g/mol. The fourth-order valence-corrected chi connectivity index (χ4v) is 2.56. The Bertz CT molecular complexity index is 981. The lowest BCUT2D eigenvalue weighted by atomic mass is 10.2. The molecule has 0 aliphatic carbocycles. The summed E-state index contributed by atoms with van der Waals surface area (Å²) in [5.74, 6) is -0.822. The van der Waals surface area contributed by atoms with Gasteiger partial charge in [-0.25, -0.2) is 9.48 Å². The van der Waals surface area contributed by atoms with Crippen LogP contribution in [0, 0.1) is 0 Å². The Kier molecular flexibility index (Phi) is 5.66. The summed E-state index contributed by atoms with van der Waals surface area (Å²) < 4.78 is 11.9. The lowest BCUT2D eigenvalue weighted by Crippen LogP contribution is -2.16. The second-order valence-corrected chi connectivity index (χ2v) is 5.76. The Morgan fingerprint density at radius 2 is 1.75 bits per heavy atom. The molecule has 144 valence electrons. The molecule has 0 fully saturated rings. The van der Waals surface area contributed by atoms with E-state index < -0.39 is 11.9 Å². The third-order valence-electron chi connectivity index (χ3n) is 3.97. The van der Waals surface area contributed by atoms with Crippen molar-refractivity contribution in [2.45, 2.75) is 6.61 Å². The van der Waals surface area contributed by atoms with Gasteiger partial charge in [-0.15, -0.1) is 5.10 Å². The Labute approximate surface area is 160 Å². The highest BCUT2D eigenvalue weighted by Crippen LogP contribution is 2.19. The molecule has 0 saturated carbocycles. The molecule has 9 heteroatoms. The van der Waals surface area contributed by atoms with Gasteiger partial charge >= 0.3 is 5.97 Å². The van der Waals surface area contributed by atoms with E-state index in [1.165, 1.54) is 36.1 Å². The number of carboxylic acids is 1. The molecule has 0 atom stereocenters. The molecule has 0 aliphatic rings. The maximum atomic E-state index is 12.7. The van der Waals surface area contributed by atoms with E-state index >= 15 is 0 Å². The number of carbonyl (C=O) groups excluding carboxylic acids is 1. The van der Waals surface area contributed by atoms with Gasteiger partial charge in [-0.1, -0.05) is 5.21 Å². The highest BCUT2D eigenvalue weighted by molar-refractivity contribution is 6.03. The third-order valence-corrected chi connectivity index (χ3v) is 3.97. The smallest absolute Gasteiger partial charge is 0.335 e. The predicted molar refractivity (Wildman–Crippen MR) is 100.0 cm³/mol. The molecule has 2 N–H and O–H groups in total. The molecule has 1 heterocycles. The molecule has 3 rings (SSSR count). The van der Waals surface area contributed by atoms with Crippen molar-refractivity contribution in [2.24, 2.45) is 0 Å². The number of anilines is 1. The van der Waals surface area contributed by atoms with Gasteiger partial charge in [0.1, 0.15) is 11.4 Å². The van der Waals surface area contributed by atoms with Crippen LogP contribution in [0.15, 0.2) is 48.5 Å². The summed E-state index contributed by atoms with van der Waals surface area (Å²) in [6, 6.07) is 13.0. The van der Waals surface area contributed by atoms with Crippen molar-refractivity contribution in [2.75, 3.05) is 19.5 Å². The molecule has 0 radical (unpaired) electrons. The van der Waals surface area contributed by atoms with Crippen LogP contribution in [0.25, 0.3) is 5.69 Å². The minimum Gasteiger partial charge on any atom is -0.497 e. The van der Waals surface area contributed by atoms with Gasteiger partial charge in [0.15, 0.2) is 5.69 Å². The molecular formula is C19H18N4O5. The van der Waals surface area contributed by atoms with E-state index in [4.69, 9.17) is 14.6 Å². The van der Waals surface area contributed by atoms with Crippen LogP contribution in [0.5, 0.6) is 5.75 Å². The Morgan fingerprint density at radius 1 is 1.07 bits per heavy atom. The summed E-state index contributed by atoms with van der Waals surface area (Å²) >= 11 is 0. The van der Waals surface area contributed by atoms with E-state index in [1.54, 1.807) is 31.4 Å². The SMILES string of the molecule is COCc1c(C(=O)Nc2ccc(C(=O)O)cc2)nnn1-c1ccc(OC)cc1. The number of aromatic carboxylic acids is 1. The van der Waals surface area contributed by atoms with Crippen molar-refractivity contribution in [1.82, 2.24) is 15.0 Å². The van der Waals surface area contributed by atoms with Crippen molar-refractivity contribution in [1.29, 1.82) is 0 Å². The number of hydrogen-bond acceptors (Lipinski definition) is 6. The van der Waals surface area contributed by atoms with E-state index in [2.05, 4.69) is 15.6 Å².